The van der Waals surface area contributed by atoms with Crippen LogP contribution in [0.1, 0.15) is 23.6 Å². The highest BCUT2D eigenvalue weighted by Gasteiger charge is 2.21. The fourth-order valence-electron chi connectivity index (χ4n) is 1.59. The van der Waals surface area contributed by atoms with Crippen LogP contribution in [-0.4, -0.2) is 29.0 Å². The fourth-order valence-corrected chi connectivity index (χ4v) is 1.59. The van der Waals surface area contributed by atoms with Crippen LogP contribution < -0.4 is 5.32 Å². The summed E-state index contributed by atoms with van der Waals surface area (Å²) in [6, 6.07) is 6.17. The summed E-state index contributed by atoms with van der Waals surface area (Å²) in [7, 11) is 0. The summed E-state index contributed by atoms with van der Waals surface area (Å²) >= 11 is 0. The van der Waals surface area contributed by atoms with Gasteiger partial charge in [-0.05, 0) is 37.5 Å². The van der Waals surface area contributed by atoms with Crippen LogP contribution in [-0.2, 0) is 6.54 Å². The number of rotatable bonds is 5. The Morgan fingerprint density at radius 1 is 1.12 bits per heavy atom. The van der Waals surface area contributed by atoms with Gasteiger partial charge in [-0.1, -0.05) is 18.2 Å². The first-order valence-corrected chi connectivity index (χ1v) is 5.54. The number of aryl methyl sites for hydroxylation is 2. The monoisotopic (exact) mass is 223 g/mol. The molecule has 3 nitrogen and oxygen atoms in total. The van der Waals surface area contributed by atoms with Crippen molar-refractivity contribution < 1.29 is 10.2 Å². The first-order chi connectivity index (χ1) is 7.52. The molecular formula is C13H21NO2. The van der Waals surface area contributed by atoms with Gasteiger partial charge in [0.2, 0.25) is 0 Å². The predicted molar refractivity (Wildman–Crippen MR) is 65.3 cm³/mol. The Hall–Kier alpha value is -0.900. The van der Waals surface area contributed by atoms with Crippen LogP contribution in [0.15, 0.2) is 18.2 Å². The molecule has 0 bridgehead atoms. The van der Waals surface area contributed by atoms with Gasteiger partial charge in [0.05, 0.1) is 18.8 Å². The zero-order valence-corrected chi connectivity index (χ0v) is 10.2. The van der Waals surface area contributed by atoms with E-state index >= 15 is 0 Å². The maximum Gasteiger partial charge on any atom is 0.0633 e. The first kappa shape index (κ1) is 13.2. The Bertz CT molecular complexity index is 326. The van der Waals surface area contributed by atoms with Crippen LogP contribution in [0.2, 0.25) is 0 Å². The van der Waals surface area contributed by atoms with Gasteiger partial charge < -0.3 is 15.5 Å². The molecule has 90 valence electrons. The zero-order valence-electron chi connectivity index (χ0n) is 10.2. The zero-order chi connectivity index (χ0) is 12.2. The lowest BCUT2D eigenvalue weighted by molar-refractivity contribution is 0.103. The second-order valence-electron chi connectivity index (χ2n) is 4.60. The molecule has 1 aromatic rings. The van der Waals surface area contributed by atoms with Gasteiger partial charge in [0.15, 0.2) is 0 Å². The summed E-state index contributed by atoms with van der Waals surface area (Å²) < 4.78 is 0. The minimum Gasteiger partial charge on any atom is -0.394 e. The van der Waals surface area contributed by atoms with E-state index in [-0.39, 0.29) is 13.2 Å². The lowest BCUT2D eigenvalue weighted by Gasteiger charge is -2.27. The highest BCUT2D eigenvalue weighted by molar-refractivity contribution is 5.33. The van der Waals surface area contributed by atoms with E-state index in [0.717, 1.165) is 0 Å². The molecule has 1 aromatic carbocycles. The van der Waals surface area contributed by atoms with Crippen molar-refractivity contribution >= 4 is 0 Å². The van der Waals surface area contributed by atoms with E-state index in [1.165, 1.54) is 16.7 Å². The first-order valence-electron chi connectivity index (χ1n) is 5.54. The molecule has 0 saturated heterocycles. The van der Waals surface area contributed by atoms with E-state index in [4.69, 9.17) is 0 Å². The smallest absolute Gasteiger partial charge is 0.0633 e. The molecule has 3 N–H and O–H groups in total. The Balaban J connectivity index is 2.75. The lowest BCUT2D eigenvalue weighted by Crippen LogP contribution is -2.48. The summed E-state index contributed by atoms with van der Waals surface area (Å²) in [5.41, 5.74) is 3.07. The van der Waals surface area contributed by atoms with Gasteiger partial charge in [-0.2, -0.15) is 0 Å². The minimum absolute atomic E-state index is 0.0750. The minimum atomic E-state index is -0.616. The van der Waals surface area contributed by atoms with E-state index in [0.29, 0.717) is 6.54 Å². The lowest BCUT2D eigenvalue weighted by atomic mass is 10.0. The highest BCUT2D eigenvalue weighted by Crippen LogP contribution is 2.14. The second-order valence-corrected chi connectivity index (χ2v) is 4.60. The van der Waals surface area contributed by atoms with Gasteiger partial charge in [0, 0.05) is 6.54 Å². The number of aliphatic hydroxyl groups excluding tert-OH is 2. The van der Waals surface area contributed by atoms with E-state index in [1.54, 1.807) is 6.92 Å². The molecule has 0 radical (unpaired) electrons. The number of nitrogens with one attached hydrogen (secondary N) is 1. The molecule has 0 unspecified atom stereocenters. The average Bonchev–Trinajstić information content (AvgIpc) is 2.28. The van der Waals surface area contributed by atoms with Crippen molar-refractivity contribution in [2.24, 2.45) is 0 Å². The molecule has 0 spiro atoms. The van der Waals surface area contributed by atoms with Crippen molar-refractivity contribution in [3.05, 3.63) is 34.9 Å². The van der Waals surface area contributed by atoms with E-state index in [9.17, 15) is 10.2 Å². The molecule has 0 aliphatic carbocycles. The summed E-state index contributed by atoms with van der Waals surface area (Å²) in [5.74, 6) is 0. The normalized spacial score (nSPS) is 11.8. The standard InChI is InChI=1S/C13H21NO2/c1-10-5-4-6-11(2)12(10)7-14-13(3,8-15)9-16/h4-6,14-16H,7-9H2,1-3H3. The van der Waals surface area contributed by atoms with Gasteiger partial charge >= 0.3 is 0 Å². The molecule has 0 atom stereocenters. The molecule has 0 aromatic heterocycles. The van der Waals surface area contributed by atoms with Crippen LogP contribution in [0.3, 0.4) is 0 Å². The molecule has 0 heterocycles. The average molecular weight is 223 g/mol. The predicted octanol–water partition coefficient (Wildman–Crippen LogP) is 1.14. The van der Waals surface area contributed by atoms with E-state index < -0.39 is 5.54 Å². The van der Waals surface area contributed by atoms with Gasteiger partial charge in [-0.3, -0.25) is 0 Å². The third-order valence-electron chi connectivity index (χ3n) is 3.03. The Kier molecular flexibility index (Phi) is 4.47. The van der Waals surface area contributed by atoms with Crippen molar-refractivity contribution in [3.8, 4) is 0 Å². The Morgan fingerprint density at radius 3 is 2.06 bits per heavy atom. The molecular weight excluding hydrogens is 202 g/mol. The largest absolute Gasteiger partial charge is 0.394 e. The molecule has 0 amide bonds. The number of hydrogen-bond acceptors (Lipinski definition) is 3. The van der Waals surface area contributed by atoms with Gasteiger partial charge in [-0.15, -0.1) is 0 Å². The van der Waals surface area contributed by atoms with Crippen LogP contribution in [0.25, 0.3) is 0 Å². The Labute approximate surface area is 97.1 Å². The van der Waals surface area contributed by atoms with E-state index in [2.05, 4.69) is 31.3 Å². The van der Waals surface area contributed by atoms with Gasteiger partial charge in [0.1, 0.15) is 0 Å². The maximum atomic E-state index is 9.18. The van der Waals surface area contributed by atoms with Crippen LogP contribution >= 0.6 is 0 Å². The summed E-state index contributed by atoms with van der Waals surface area (Å²) in [5, 5.41) is 21.6. The molecule has 1 rings (SSSR count). The number of hydrogen-bond donors (Lipinski definition) is 3. The molecule has 0 aliphatic rings. The second kappa shape index (κ2) is 5.43. The van der Waals surface area contributed by atoms with Crippen LogP contribution in [0.4, 0.5) is 0 Å². The summed E-state index contributed by atoms with van der Waals surface area (Å²) in [6.07, 6.45) is 0. The third kappa shape index (κ3) is 3.04. The molecule has 16 heavy (non-hydrogen) atoms. The Morgan fingerprint density at radius 2 is 1.62 bits per heavy atom. The van der Waals surface area contributed by atoms with Gasteiger partial charge in [0.25, 0.3) is 0 Å². The van der Waals surface area contributed by atoms with Crippen molar-refractivity contribution in [2.75, 3.05) is 13.2 Å². The van der Waals surface area contributed by atoms with Crippen LogP contribution in [0, 0.1) is 13.8 Å². The molecule has 0 aliphatic heterocycles. The maximum absolute atomic E-state index is 9.18. The topological polar surface area (TPSA) is 52.5 Å². The summed E-state index contributed by atoms with van der Waals surface area (Å²) in [4.78, 5) is 0. The summed E-state index contributed by atoms with van der Waals surface area (Å²) in [6.45, 7) is 6.46. The fraction of sp³-hybridized carbons (Fsp3) is 0.538. The van der Waals surface area contributed by atoms with E-state index in [1.807, 2.05) is 6.07 Å². The van der Waals surface area contributed by atoms with Crippen LogP contribution in [0.5, 0.6) is 0 Å². The van der Waals surface area contributed by atoms with Crippen molar-refractivity contribution in [2.45, 2.75) is 32.9 Å². The van der Waals surface area contributed by atoms with Crippen molar-refractivity contribution in [1.82, 2.24) is 5.32 Å². The molecule has 0 fully saturated rings. The molecule has 3 heteroatoms. The van der Waals surface area contributed by atoms with Gasteiger partial charge in [-0.25, -0.2) is 0 Å². The van der Waals surface area contributed by atoms with Crippen molar-refractivity contribution in [3.63, 3.8) is 0 Å². The third-order valence-corrected chi connectivity index (χ3v) is 3.03. The highest BCUT2D eigenvalue weighted by atomic mass is 16.3. The molecule has 0 saturated carbocycles. The number of benzene rings is 1. The van der Waals surface area contributed by atoms with Crippen molar-refractivity contribution in [1.29, 1.82) is 0 Å². The number of aliphatic hydroxyl groups is 2. The quantitative estimate of drug-likeness (QED) is 0.701. The SMILES string of the molecule is Cc1cccc(C)c1CNC(C)(CO)CO.